The van der Waals surface area contributed by atoms with Crippen LogP contribution in [0.15, 0.2) is 173 Å². The predicted octanol–water partition coefficient (Wildman–Crippen LogP) is 3.67. The second-order valence-corrected chi connectivity index (χ2v) is 24.1. The van der Waals surface area contributed by atoms with Gasteiger partial charge >= 0.3 is 58.8 Å². The molecule has 0 spiro atoms. The van der Waals surface area contributed by atoms with Gasteiger partial charge in [-0.2, -0.15) is 0 Å². The average molecular weight is 1650 g/mol. The van der Waals surface area contributed by atoms with Crippen LogP contribution in [0.4, 0.5) is 9.59 Å². The largest absolute Gasteiger partial charge is 0.480 e. The van der Waals surface area contributed by atoms with Gasteiger partial charge in [-0.25, -0.2) is 28.8 Å². The van der Waals surface area contributed by atoms with E-state index in [2.05, 4.69) is 80.1 Å². The van der Waals surface area contributed by atoms with E-state index in [1.807, 2.05) is 105 Å². The number of benzene rings is 4. The van der Waals surface area contributed by atoms with Crippen molar-refractivity contribution in [2.24, 2.45) is 0 Å². The molecule has 3 amide bonds. The van der Waals surface area contributed by atoms with Gasteiger partial charge in [-0.3, -0.25) is 76.8 Å². The van der Waals surface area contributed by atoms with Crippen LogP contribution >= 0.6 is 45.2 Å². The van der Waals surface area contributed by atoms with Crippen LogP contribution in [-0.2, 0) is 57.8 Å². The number of hydrogen-bond donors (Lipinski definition) is 10. The number of H-pyrrole nitrogens is 5. The Labute approximate surface area is 615 Å². The maximum absolute atomic E-state index is 12.8. The van der Waals surface area contributed by atoms with Crippen LogP contribution in [-0.4, -0.2) is 147 Å². The highest BCUT2D eigenvalue weighted by Gasteiger charge is 2.31. The van der Waals surface area contributed by atoms with Crippen molar-refractivity contribution in [3.8, 4) is 45.9 Å². The molecule has 0 radical (unpaired) electrons. The number of unbranched alkanes of at least 4 members (excludes halogenated alkanes) is 1. The lowest BCUT2D eigenvalue weighted by Crippen LogP contribution is -2.44. The van der Waals surface area contributed by atoms with Gasteiger partial charge in [-0.05, 0) is 116 Å². The molecule has 0 fully saturated rings. The zero-order chi connectivity index (χ0) is 76.0. The number of aliphatic carboxylic acids is 3. The Morgan fingerprint density at radius 3 is 1.37 bits per heavy atom. The van der Waals surface area contributed by atoms with E-state index in [-0.39, 0.29) is 64.4 Å². The minimum atomic E-state index is -1.27. The van der Waals surface area contributed by atoms with Gasteiger partial charge in [-0.1, -0.05) is 122 Å². The number of aromatic amines is 5. The number of hydrogen-bond acceptors (Lipinski definition) is 18. The van der Waals surface area contributed by atoms with Gasteiger partial charge < -0.3 is 50.0 Å². The van der Waals surface area contributed by atoms with Crippen LogP contribution in [0.3, 0.4) is 0 Å². The summed E-state index contributed by atoms with van der Waals surface area (Å²) in [5.74, 6) is 5.45. The fourth-order valence-corrected chi connectivity index (χ4v) is 10.8. The van der Waals surface area contributed by atoms with E-state index in [4.69, 9.17) is 24.4 Å². The van der Waals surface area contributed by atoms with Crippen molar-refractivity contribution in [1.82, 2.24) is 54.2 Å². The van der Waals surface area contributed by atoms with E-state index in [1.165, 1.54) is 54.6 Å². The van der Waals surface area contributed by atoms with Gasteiger partial charge in [0.1, 0.15) is 57.1 Å². The standard InChI is InChI=1S/C28H26N4O7.C23H25NO4.C9H8N2O4.C6H5IN2O4.C4H3IN2O2/c1-2-7-18-14-32(27(37)30-26(18)36)15-24(33)31(16-25(34)35)13-12-29-28(38)39-17-23-21-10-5-3-8-19(21)20-9-4-6-11-22(20)23;1-2-15-27-22(25)13-7-8-14-24-23(26)28-16-21-19-11-5-3-9-17(19)18-10-4-6-12-20(18)21;1-2-3-6-4-11(5-7(12)13)9(15)10-8(6)14;7-3-1-9(2-4(10)11)6(13)8-5(3)12;5-2-1-6-4(9)7-3(2)8/h3-6,8-11,14,23H,12-13,15-17H2,1H3,(H,29,38)(H,34,35)(H,30,36,37);2-6,9-12,21H,1,7-8,13-16H2,(H,24,26);4H,5H2,1H3,(H,12,13)(H,10,14,15);1H,2H2,(H,10,11)(H,8,12,13);1H,(H2,6,7,8,9). The number of fused-ring (bicyclic) bond motifs is 6. The molecule has 0 bridgehead atoms. The second-order valence-electron chi connectivity index (χ2n) is 21.8. The van der Waals surface area contributed by atoms with Gasteiger partial charge in [0.15, 0.2) is 0 Å². The molecule has 0 aliphatic heterocycles. The average Bonchev–Trinajstić information content (AvgIpc) is 1.62. The molecular formula is C70H67I2N11O21. The van der Waals surface area contributed by atoms with Crippen molar-refractivity contribution in [2.45, 2.75) is 64.6 Å². The molecule has 0 atom stereocenters. The van der Waals surface area contributed by atoms with Crippen LogP contribution in [0.2, 0.25) is 0 Å². The normalized spacial score (nSPS) is 10.9. The Morgan fingerprint density at radius 2 is 0.952 bits per heavy atom. The third-order valence-corrected chi connectivity index (χ3v) is 16.2. The Bertz CT molecular complexity index is 5050. The maximum atomic E-state index is 12.8. The number of carboxylic acids is 3. The molecule has 0 saturated heterocycles. The zero-order valence-corrected chi connectivity index (χ0v) is 59.7. The molecule has 10 N–H and O–H groups in total. The number of aromatic nitrogens is 8. The molecular weight excluding hydrogens is 1580 g/mol. The number of esters is 1. The molecule has 542 valence electrons. The third-order valence-electron chi connectivity index (χ3n) is 14.7. The summed E-state index contributed by atoms with van der Waals surface area (Å²) in [5.41, 5.74) is 4.24. The summed E-state index contributed by atoms with van der Waals surface area (Å²) < 4.78 is 19.3. The van der Waals surface area contributed by atoms with E-state index in [1.54, 1.807) is 22.6 Å². The number of carbonyl (C=O) groups is 7. The number of ether oxygens (including phenoxy) is 3. The first kappa shape index (κ1) is 80.8. The second kappa shape index (κ2) is 40.3. The summed E-state index contributed by atoms with van der Waals surface area (Å²) in [7, 11) is 0. The highest BCUT2D eigenvalue weighted by molar-refractivity contribution is 14.1. The molecule has 8 aromatic rings. The Balaban J connectivity index is 0.000000225. The van der Waals surface area contributed by atoms with Crippen molar-refractivity contribution in [1.29, 1.82) is 0 Å². The summed E-state index contributed by atoms with van der Waals surface area (Å²) in [6.07, 6.45) is 6.91. The van der Waals surface area contributed by atoms with Gasteiger partial charge in [0, 0.05) is 62.7 Å². The van der Waals surface area contributed by atoms with Crippen LogP contribution in [0.5, 0.6) is 0 Å². The molecule has 0 unspecified atom stereocenters. The molecule has 2 aliphatic carbocycles. The smallest absolute Gasteiger partial charge is 0.407 e. The minimum Gasteiger partial charge on any atom is -0.480 e. The van der Waals surface area contributed by atoms with Crippen LogP contribution in [0.25, 0.3) is 22.3 Å². The van der Waals surface area contributed by atoms with Crippen molar-refractivity contribution < 1.29 is 63.1 Å². The first-order valence-corrected chi connectivity index (χ1v) is 33.3. The monoisotopic (exact) mass is 1650 g/mol. The Kier molecular flexibility index (Phi) is 31.3. The first-order chi connectivity index (χ1) is 49.7. The molecule has 10 rings (SSSR count). The minimum absolute atomic E-state index is 0.00777. The summed E-state index contributed by atoms with van der Waals surface area (Å²) >= 11 is 3.54. The number of amides is 3. The number of carbonyl (C=O) groups excluding carboxylic acids is 4. The SMILES string of the molecule is C=CCOC(=O)CCCCNC(=O)OCC1c2ccccc2-c2ccccc21.CC#Cc1cn(CC(=O)N(CCNC(=O)OCC2c3ccccc3-c3ccccc32)CC(=O)O)c(=O)[nH]c1=O.CC#Cc1cn(CC(=O)O)c(=O)[nH]c1=O.O=C(O)Cn1cc(I)c(=O)[nH]c1=O.O=c1[nH]cc(I)c(=O)[nH]1. The van der Waals surface area contributed by atoms with E-state index in [0.29, 0.717) is 36.0 Å². The van der Waals surface area contributed by atoms with Crippen molar-refractivity contribution >= 4 is 87.2 Å². The fraction of sp³-hybridized carbons (Fsp3) is 0.243. The number of nitrogens with zero attached hydrogens (tertiary/aromatic N) is 4. The predicted molar refractivity (Wildman–Crippen MR) is 393 cm³/mol. The Hall–Kier alpha value is -12.2. The summed E-state index contributed by atoms with van der Waals surface area (Å²) in [6.45, 7) is 5.29. The van der Waals surface area contributed by atoms with Gasteiger partial charge in [0.2, 0.25) is 5.91 Å². The molecule has 4 aromatic carbocycles. The summed E-state index contributed by atoms with van der Waals surface area (Å²) in [5, 5.41) is 31.4. The van der Waals surface area contributed by atoms with Crippen molar-refractivity contribution in [3.63, 3.8) is 0 Å². The quantitative estimate of drug-likeness (QED) is 0.0116. The molecule has 2 aliphatic rings. The Morgan fingerprint density at radius 1 is 0.538 bits per heavy atom. The van der Waals surface area contributed by atoms with Crippen LogP contribution in [0, 0.1) is 30.8 Å². The number of nitrogens with one attached hydrogen (secondary N) is 7. The lowest BCUT2D eigenvalue weighted by molar-refractivity contribution is -0.144. The van der Waals surface area contributed by atoms with E-state index >= 15 is 0 Å². The number of rotatable bonds is 22. The first-order valence-electron chi connectivity index (χ1n) is 31.1. The van der Waals surface area contributed by atoms with E-state index < -0.39 is 102 Å². The van der Waals surface area contributed by atoms with Gasteiger partial charge in [0.05, 0.1) is 7.14 Å². The number of carboxylic acid groups (broad SMARTS) is 3. The van der Waals surface area contributed by atoms with Gasteiger partial charge in [-0.15, -0.1) is 11.8 Å². The summed E-state index contributed by atoms with van der Waals surface area (Å²) in [4.78, 5) is 181. The summed E-state index contributed by atoms with van der Waals surface area (Å²) in [6, 6.07) is 32.3. The number of alkyl carbamates (subject to hydrolysis) is 2. The zero-order valence-electron chi connectivity index (χ0n) is 55.4. The fourth-order valence-electron chi connectivity index (χ4n) is 10.1. The van der Waals surface area contributed by atoms with Crippen molar-refractivity contribution in [2.75, 3.05) is 46.0 Å². The van der Waals surface area contributed by atoms with Crippen molar-refractivity contribution in [3.05, 3.63) is 258 Å². The van der Waals surface area contributed by atoms with Crippen LogP contribution in [0.1, 0.15) is 78.3 Å². The molecule has 4 aromatic heterocycles. The third kappa shape index (κ3) is 24.3. The topological polar surface area (TPSA) is 465 Å². The molecule has 104 heavy (non-hydrogen) atoms. The lowest BCUT2D eigenvalue weighted by Gasteiger charge is -2.21. The van der Waals surface area contributed by atoms with E-state index in [9.17, 15) is 77.0 Å². The highest BCUT2D eigenvalue weighted by Crippen LogP contribution is 2.45. The lowest BCUT2D eigenvalue weighted by atomic mass is 9.98. The van der Waals surface area contributed by atoms with Crippen LogP contribution < -0.4 is 55.6 Å². The number of halogens is 2. The highest BCUT2D eigenvalue weighted by atomic mass is 127. The molecule has 4 heterocycles. The maximum Gasteiger partial charge on any atom is 0.407 e. The van der Waals surface area contributed by atoms with Gasteiger partial charge in [0.25, 0.3) is 22.2 Å². The molecule has 0 saturated carbocycles. The van der Waals surface area contributed by atoms with E-state index in [0.717, 1.165) is 53.2 Å². The molecule has 32 nitrogen and oxygen atoms in total. The molecule has 34 heteroatoms.